The Kier molecular flexibility index (Phi) is 6.30. The van der Waals surface area contributed by atoms with E-state index in [1.165, 1.54) is 0 Å². The molecule has 2 rings (SSSR count). The van der Waals surface area contributed by atoms with Crippen molar-refractivity contribution in [2.24, 2.45) is 5.73 Å². The molecule has 0 aromatic heterocycles. The highest BCUT2D eigenvalue weighted by molar-refractivity contribution is 5.85. The Balaban J connectivity index is 0.00000220. The summed E-state index contributed by atoms with van der Waals surface area (Å²) in [4.78, 5) is 12.0. The molecule has 1 heterocycles. The second-order valence-electron chi connectivity index (χ2n) is 5.38. The van der Waals surface area contributed by atoms with Crippen molar-refractivity contribution in [2.45, 2.75) is 38.3 Å². The van der Waals surface area contributed by atoms with Crippen LogP contribution in [0.2, 0.25) is 0 Å². The molecule has 2 atom stereocenters. The molecule has 1 amide bonds. The van der Waals surface area contributed by atoms with E-state index in [2.05, 4.69) is 5.32 Å². The van der Waals surface area contributed by atoms with E-state index >= 15 is 0 Å². The van der Waals surface area contributed by atoms with E-state index in [9.17, 15) is 4.79 Å². The van der Waals surface area contributed by atoms with Gasteiger partial charge in [-0.25, -0.2) is 0 Å². The molecule has 0 aliphatic carbocycles. The molecule has 0 fully saturated rings. The minimum Gasteiger partial charge on any atom is -0.486 e. The maximum absolute atomic E-state index is 12.0. The van der Waals surface area contributed by atoms with Gasteiger partial charge in [-0.05, 0) is 25.5 Å². The van der Waals surface area contributed by atoms with E-state index in [1.54, 1.807) is 6.92 Å². The molecule has 0 saturated carbocycles. The zero-order valence-corrected chi connectivity index (χ0v) is 13.2. The summed E-state index contributed by atoms with van der Waals surface area (Å²) < 4.78 is 11.4. The molecule has 1 aromatic carbocycles. The lowest BCUT2D eigenvalue weighted by Gasteiger charge is -2.28. The quantitative estimate of drug-likeness (QED) is 0.870. The Hall–Kier alpha value is -1.46. The molecule has 5 nitrogen and oxygen atoms in total. The number of carbonyl (C=O) groups is 1. The van der Waals surface area contributed by atoms with E-state index in [4.69, 9.17) is 15.2 Å². The minimum absolute atomic E-state index is 0. The monoisotopic (exact) mass is 314 g/mol. The van der Waals surface area contributed by atoms with Crippen molar-refractivity contribution < 1.29 is 14.3 Å². The van der Waals surface area contributed by atoms with E-state index in [0.717, 1.165) is 12.2 Å². The lowest BCUT2D eigenvalue weighted by Crippen LogP contribution is -2.54. The van der Waals surface area contributed by atoms with Crippen molar-refractivity contribution in [1.29, 1.82) is 0 Å². The molecule has 1 aromatic rings. The average molecular weight is 315 g/mol. The molecule has 6 heteroatoms. The van der Waals surface area contributed by atoms with Gasteiger partial charge in [0.15, 0.2) is 11.5 Å². The highest BCUT2D eigenvalue weighted by Gasteiger charge is 2.28. The SMILES string of the molecule is CCCC(C)(N)C(=O)NCC1COc2ccccc2O1.Cl. The molecule has 118 valence electrons. The second kappa shape index (κ2) is 7.52. The smallest absolute Gasteiger partial charge is 0.239 e. The topological polar surface area (TPSA) is 73.6 Å². The van der Waals surface area contributed by atoms with E-state index in [0.29, 0.717) is 25.3 Å². The molecule has 2 unspecified atom stereocenters. The van der Waals surface area contributed by atoms with Crippen LogP contribution in [0.3, 0.4) is 0 Å². The first-order chi connectivity index (χ1) is 9.53. The highest BCUT2D eigenvalue weighted by atomic mass is 35.5. The fraction of sp³-hybridized carbons (Fsp3) is 0.533. The highest BCUT2D eigenvalue weighted by Crippen LogP contribution is 2.30. The third kappa shape index (κ3) is 4.51. The summed E-state index contributed by atoms with van der Waals surface area (Å²) in [5.74, 6) is 1.30. The van der Waals surface area contributed by atoms with Crippen LogP contribution in [0, 0.1) is 0 Å². The van der Waals surface area contributed by atoms with Crippen LogP contribution >= 0.6 is 12.4 Å². The van der Waals surface area contributed by atoms with Gasteiger partial charge in [0.2, 0.25) is 5.91 Å². The van der Waals surface area contributed by atoms with Gasteiger partial charge in [0.05, 0.1) is 12.1 Å². The average Bonchev–Trinajstić information content (AvgIpc) is 2.44. The van der Waals surface area contributed by atoms with Gasteiger partial charge in [0.25, 0.3) is 0 Å². The number of ether oxygens (including phenoxy) is 2. The van der Waals surface area contributed by atoms with Crippen LogP contribution < -0.4 is 20.5 Å². The first kappa shape index (κ1) is 17.6. The summed E-state index contributed by atoms with van der Waals surface area (Å²) in [5.41, 5.74) is 5.15. The van der Waals surface area contributed by atoms with Gasteiger partial charge < -0.3 is 20.5 Å². The maximum atomic E-state index is 12.0. The molecular formula is C15H23ClN2O3. The van der Waals surface area contributed by atoms with Crippen LogP contribution in [0.5, 0.6) is 11.5 Å². The Morgan fingerprint density at radius 3 is 2.76 bits per heavy atom. The number of hydrogen-bond acceptors (Lipinski definition) is 4. The predicted molar refractivity (Wildman–Crippen MR) is 84.1 cm³/mol. The number of amides is 1. The number of rotatable bonds is 5. The molecule has 0 spiro atoms. The fourth-order valence-electron chi connectivity index (χ4n) is 2.20. The van der Waals surface area contributed by atoms with Crippen molar-refractivity contribution in [1.82, 2.24) is 5.32 Å². The van der Waals surface area contributed by atoms with Crippen molar-refractivity contribution in [3.05, 3.63) is 24.3 Å². The van der Waals surface area contributed by atoms with E-state index in [1.807, 2.05) is 31.2 Å². The summed E-state index contributed by atoms with van der Waals surface area (Å²) in [5, 5.41) is 2.84. The number of para-hydroxylation sites is 2. The number of hydrogen-bond donors (Lipinski definition) is 2. The van der Waals surface area contributed by atoms with Crippen LogP contribution in [0.15, 0.2) is 24.3 Å². The Bertz CT molecular complexity index is 480. The van der Waals surface area contributed by atoms with Gasteiger partial charge in [-0.15, -0.1) is 12.4 Å². The summed E-state index contributed by atoms with van der Waals surface area (Å²) in [6.45, 7) is 4.57. The van der Waals surface area contributed by atoms with Crippen molar-refractivity contribution in [2.75, 3.05) is 13.2 Å². The maximum Gasteiger partial charge on any atom is 0.239 e. The molecule has 3 N–H and O–H groups in total. The molecule has 21 heavy (non-hydrogen) atoms. The number of carbonyl (C=O) groups excluding carboxylic acids is 1. The van der Waals surface area contributed by atoms with Crippen LogP contribution in [0.25, 0.3) is 0 Å². The van der Waals surface area contributed by atoms with Crippen LogP contribution in [0.4, 0.5) is 0 Å². The number of nitrogens with two attached hydrogens (primary N) is 1. The summed E-state index contributed by atoms with van der Waals surface area (Å²) in [7, 11) is 0. The Labute approximate surface area is 131 Å². The van der Waals surface area contributed by atoms with Gasteiger partial charge >= 0.3 is 0 Å². The molecule has 1 aliphatic heterocycles. The number of benzene rings is 1. The molecule has 0 bridgehead atoms. The summed E-state index contributed by atoms with van der Waals surface area (Å²) in [6.07, 6.45) is 1.34. The zero-order chi connectivity index (χ0) is 14.6. The normalized spacial score (nSPS) is 19.1. The molecular weight excluding hydrogens is 292 g/mol. The van der Waals surface area contributed by atoms with Crippen molar-refractivity contribution >= 4 is 18.3 Å². The lowest BCUT2D eigenvalue weighted by molar-refractivity contribution is -0.126. The van der Waals surface area contributed by atoms with Crippen LogP contribution in [-0.4, -0.2) is 30.7 Å². The zero-order valence-electron chi connectivity index (χ0n) is 12.4. The van der Waals surface area contributed by atoms with Crippen LogP contribution in [0.1, 0.15) is 26.7 Å². The first-order valence-corrected chi connectivity index (χ1v) is 6.98. The minimum atomic E-state index is -0.831. The predicted octanol–water partition coefficient (Wildman–Crippen LogP) is 1.88. The fourth-order valence-corrected chi connectivity index (χ4v) is 2.20. The number of fused-ring (bicyclic) bond motifs is 1. The van der Waals surface area contributed by atoms with E-state index < -0.39 is 5.54 Å². The van der Waals surface area contributed by atoms with Gasteiger partial charge in [-0.3, -0.25) is 4.79 Å². The van der Waals surface area contributed by atoms with Crippen molar-refractivity contribution in [3.63, 3.8) is 0 Å². The van der Waals surface area contributed by atoms with Gasteiger partial charge in [0.1, 0.15) is 12.7 Å². The lowest BCUT2D eigenvalue weighted by atomic mass is 9.96. The largest absolute Gasteiger partial charge is 0.486 e. The molecule has 0 saturated heterocycles. The summed E-state index contributed by atoms with van der Waals surface area (Å²) in [6, 6.07) is 7.51. The van der Waals surface area contributed by atoms with E-state index in [-0.39, 0.29) is 24.4 Å². The molecule has 0 radical (unpaired) electrons. The first-order valence-electron chi connectivity index (χ1n) is 6.98. The standard InChI is InChI=1S/C15H22N2O3.ClH/c1-3-8-15(2,16)14(18)17-9-11-10-19-12-6-4-5-7-13(12)20-11;/h4-7,11H,3,8-10,16H2,1-2H3,(H,17,18);1H. The third-order valence-electron chi connectivity index (χ3n) is 3.35. The van der Waals surface area contributed by atoms with Crippen molar-refractivity contribution in [3.8, 4) is 11.5 Å². The van der Waals surface area contributed by atoms with Gasteiger partial charge in [-0.2, -0.15) is 0 Å². The summed E-state index contributed by atoms with van der Waals surface area (Å²) >= 11 is 0. The van der Waals surface area contributed by atoms with Gasteiger partial charge in [-0.1, -0.05) is 25.5 Å². The van der Waals surface area contributed by atoms with Crippen LogP contribution in [-0.2, 0) is 4.79 Å². The third-order valence-corrected chi connectivity index (χ3v) is 3.35. The number of nitrogens with one attached hydrogen (secondary N) is 1. The Morgan fingerprint density at radius 1 is 1.43 bits per heavy atom. The number of halogens is 1. The molecule has 1 aliphatic rings. The Morgan fingerprint density at radius 2 is 2.10 bits per heavy atom. The second-order valence-corrected chi connectivity index (χ2v) is 5.38. The van der Waals surface area contributed by atoms with Gasteiger partial charge in [0, 0.05) is 0 Å².